The fourth-order valence-corrected chi connectivity index (χ4v) is 1.20. The molecule has 0 aromatic heterocycles. The fourth-order valence-electron chi connectivity index (χ4n) is 0.963. The standard InChI is InChI=1S/C9H7ClN2O2/c10-7-4-2-1-3-6(7)8(5-11)14-9(12)13/h1-4,8H,(H2,12,13). The monoisotopic (exact) mass is 210 g/mol. The van der Waals surface area contributed by atoms with E-state index in [0.29, 0.717) is 10.6 Å². The molecule has 0 saturated heterocycles. The van der Waals surface area contributed by atoms with Crippen molar-refractivity contribution in [3.63, 3.8) is 0 Å². The van der Waals surface area contributed by atoms with Gasteiger partial charge in [-0.3, -0.25) is 0 Å². The molecule has 0 aliphatic carbocycles. The summed E-state index contributed by atoms with van der Waals surface area (Å²) >= 11 is 5.80. The van der Waals surface area contributed by atoms with Gasteiger partial charge in [-0.15, -0.1) is 0 Å². The number of carbonyl (C=O) groups excluding carboxylic acids is 1. The summed E-state index contributed by atoms with van der Waals surface area (Å²) in [6.07, 6.45) is -2.06. The van der Waals surface area contributed by atoms with Crippen molar-refractivity contribution in [2.45, 2.75) is 6.10 Å². The first-order chi connectivity index (χ1) is 6.65. The van der Waals surface area contributed by atoms with Gasteiger partial charge in [-0.25, -0.2) is 4.79 Å². The number of halogens is 1. The number of rotatable bonds is 2. The molecule has 0 radical (unpaired) electrons. The molecule has 0 saturated carbocycles. The molecule has 1 amide bonds. The van der Waals surface area contributed by atoms with Crippen LogP contribution < -0.4 is 5.73 Å². The highest BCUT2D eigenvalue weighted by atomic mass is 35.5. The third-order valence-electron chi connectivity index (χ3n) is 1.54. The van der Waals surface area contributed by atoms with E-state index in [1.807, 2.05) is 0 Å². The van der Waals surface area contributed by atoms with Crippen LogP contribution in [0.2, 0.25) is 5.02 Å². The number of benzene rings is 1. The molecule has 5 heteroatoms. The van der Waals surface area contributed by atoms with E-state index in [1.165, 1.54) is 0 Å². The van der Waals surface area contributed by atoms with Gasteiger partial charge in [0.2, 0.25) is 6.10 Å². The number of nitriles is 1. The number of carbonyl (C=O) groups is 1. The van der Waals surface area contributed by atoms with Crippen LogP contribution in [0, 0.1) is 11.3 Å². The fraction of sp³-hybridized carbons (Fsp3) is 0.111. The Hall–Kier alpha value is -1.73. The molecule has 0 aliphatic rings. The predicted octanol–water partition coefficient (Wildman–Crippen LogP) is 2.00. The second-order valence-corrected chi connectivity index (χ2v) is 2.87. The Kier molecular flexibility index (Phi) is 3.32. The minimum atomic E-state index is -1.05. The van der Waals surface area contributed by atoms with Crippen LogP contribution in [0.15, 0.2) is 24.3 Å². The maximum atomic E-state index is 10.5. The summed E-state index contributed by atoms with van der Waals surface area (Å²) < 4.78 is 4.56. The lowest BCUT2D eigenvalue weighted by molar-refractivity contribution is 0.133. The number of nitrogens with zero attached hydrogens (tertiary/aromatic N) is 1. The molecule has 1 aromatic rings. The van der Waals surface area contributed by atoms with Crippen LogP contribution in [0.25, 0.3) is 0 Å². The molecular weight excluding hydrogens is 204 g/mol. The van der Waals surface area contributed by atoms with E-state index in [1.54, 1.807) is 30.3 Å². The van der Waals surface area contributed by atoms with Crippen LogP contribution in [-0.4, -0.2) is 6.09 Å². The van der Waals surface area contributed by atoms with E-state index in [2.05, 4.69) is 4.74 Å². The minimum absolute atomic E-state index is 0.361. The number of amides is 1. The second-order valence-electron chi connectivity index (χ2n) is 2.47. The summed E-state index contributed by atoms with van der Waals surface area (Å²) in [6.45, 7) is 0. The third-order valence-corrected chi connectivity index (χ3v) is 1.88. The average molecular weight is 211 g/mol. The van der Waals surface area contributed by atoms with E-state index in [4.69, 9.17) is 22.6 Å². The first-order valence-electron chi connectivity index (χ1n) is 3.75. The highest BCUT2D eigenvalue weighted by Crippen LogP contribution is 2.24. The quantitative estimate of drug-likeness (QED) is 0.811. The number of ether oxygens (including phenoxy) is 1. The maximum absolute atomic E-state index is 10.5. The van der Waals surface area contributed by atoms with Gasteiger partial charge in [0.25, 0.3) is 0 Å². The molecular formula is C9H7ClN2O2. The summed E-state index contributed by atoms with van der Waals surface area (Å²) in [5.74, 6) is 0. The summed E-state index contributed by atoms with van der Waals surface area (Å²) in [6, 6.07) is 8.39. The summed E-state index contributed by atoms with van der Waals surface area (Å²) in [5.41, 5.74) is 5.23. The normalized spacial score (nSPS) is 11.4. The first kappa shape index (κ1) is 10.4. The van der Waals surface area contributed by atoms with E-state index >= 15 is 0 Å². The molecule has 72 valence electrons. The number of nitrogens with two attached hydrogens (primary N) is 1. The topological polar surface area (TPSA) is 76.1 Å². The van der Waals surface area contributed by atoms with Crippen molar-refractivity contribution in [3.8, 4) is 6.07 Å². The Bertz CT molecular complexity index is 387. The van der Waals surface area contributed by atoms with E-state index in [-0.39, 0.29) is 0 Å². The highest BCUT2D eigenvalue weighted by molar-refractivity contribution is 6.31. The molecule has 0 spiro atoms. The lowest BCUT2D eigenvalue weighted by Gasteiger charge is -2.10. The number of hydrogen-bond acceptors (Lipinski definition) is 3. The second kappa shape index (κ2) is 4.49. The zero-order valence-corrected chi connectivity index (χ0v) is 7.86. The lowest BCUT2D eigenvalue weighted by atomic mass is 10.1. The smallest absolute Gasteiger partial charge is 0.406 e. The van der Waals surface area contributed by atoms with Gasteiger partial charge in [0.1, 0.15) is 6.07 Å². The van der Waals surface area contributed by atoms with Gasteiger partial charge < -0.3 is 10.5 Å². The van der Waals surface area contributed by atoms with E-state index in [9.17, 15) is 4.79 Å². The van der Waals surface area contributed by atoms with Gasteiger partial charge in [0.05, 0.1) is 0 Å². The van der Waals surface area contributed by atoms with Crippen LogP contribution in [0.3, 0.4) is 0 Å². The van der Waals surface area contributed by atoms with Crippen LogP contribution >= 0.6 is 11.6 Å². The molecule has 0 aliphatic heterocycles. The molecule has 4 nitrogen and oxygen atoms in total. The van der Waals surface area contributed by atoms with Crippen LogP contribution in [0.1, 0.15) is 11.7 Å². The van der Waals surface area contributed by atoms with Gasteiger partial charge in [0.15, 0.2) is 0 Å². The van der Waals surface area contributed by atoms with Crippen molar-refractivity contribution in [1.29, 1.82) is 5.26 Å². The van der Waals surface area contributed by atoms with Crippen molar-refractivity contribution >= 4 is 17.7 Å². The van der Waals surface area contributed by atoms with Gasteiger partial charge >= 0.3 is 6.09 Å². The van der Waals surface area contributed by atoms with Crippen molar-refractivity contribution in [2.75, 3.05) is 0 Å². The van der Waals surface area contributed by atoms with Gasteiger partial charge in [-0.2, -0.15) is 5.26 Å². The van der Waals surface area contributed by atoms with Crippen LogP contribution in [0.4, 0.5) is 4.79 Å². The van der Waals surface area contributed by atoms with Crippen LogP contribution in [0.5, 0.6) is 0 Å². The third kappa shape index (κ3) is 2.38. The van der Waals surface area contributed by atoms with Crippen molar-refractivity contribution in [2.24, 2.45) is 5.73 Å². The predicted molar refractivity (Wildman–Crippen MR) is 50.5 cm³/mol. The van der Waals surface area contributed by atoms with Gasteiger partial charge in [-0.05, 0) is 6.07 Å². The van der Waals surface area contributed by atoms with Crippen LogP contribution in [-0.2, 0) is 4.74 Å². The molecule has 1 unspecified atom stereocenters. The Morgan fingerprint density at radius 2 is 2.21 bits per heavy atom. The molecule has 2 N–H and O–H groups in total. The van der Waals surface area contributed by atoms with Crippen molar-refractivity contribution in [3.05, 3.63) is 34.9 Å². The largest absolute Gasteiger partial charge is 0.426 e. The Morgan fingerprint density at radius 3 is 2.71 bits per heavy atom. The molecule has 0 bridgehead atoms. The van der Waals surface area contributed by atoms with E-state index in [0.717, 1.165) is 0 Å². The number of hydrogen-bond donors (Lipinski definition) is 1. The van der Waals surface area contributed by atoms with E-state index < -0.39 is 12.2 Å². The summed E-state index contributed by atoms with van der Waals surface area (Å²) in [4.78, 5) is 10.5. The molecule has 1 aromatic carbocycles. The molecule has 1 atom stereocenters. The Labute approximate surface area is 85.8 Å². The Balaban J connectivity index is 2.96. The van der Waals surface area contributed by atoms with Crippen molar-refractivity contribution in [1.82, 2.24) is 0 Å². The summed E-state index contributed by atoms with van der Waals surface area (Å²) in [7, 11) is 0. The van der Waals surface area contributed by atoms with Crippen molar-refractivity contribution < 1.29 is 9.53 Å². The lowest BCUT2D eigenvalue weighted by Crippen LogP contribution is -2.16. The molecule has 0 heterocycles. The minimum Gasteiger partial charge on any atom is -0.426 e. The Morgan fingerprint density at radius 1 is 1.57 bits per heavy atom. The zero-order valence-electron chi connectivity index (χ0n) is 7.11. The SMILES string of the molecule is N#CC(OC(N)=O)c1ccccc1Cl. The molecule has 0 fully saturated rings. The first-order valence-corrected chi connectivity index (χ1v) is 4.13. The number of primary amides is 1. The zero-order chi connectivity index (χ0) is 10.6. The summed E-state index contributed by atoms with van der Waals surface area (Å²) in [5, 5.41) is 9.07. The van der Waals surface area contributed by atoms with Gasteiger partial charge in [-0.1, -0.05) is 29.8 Å². The average Bonchev–Trinajstić information content (AvgIpc) is 2.15. The maximum Gasteiger partial charge on any atom is 0.406 e. The molecule has 14 heavy (non-hydrogen) atoms. The molecule has 1 rings (SSSR count). The van der Waals surface area contributed by atoms with Gasteiger partial charge in [0, 0.05) is 10.6 Å². The highest BCUT2D eigenvalue weighted by Gasteiger charge is 2.16.